The molecule has 1 aliphatic rings. The predicted molar refractivity (Wildman–Crippen MR) is 67.0 cm³/mol. The molecule has 1 N–H and O–H groups in total. The van der Waals surface area contributed by atoms with Crippen molar-refractivity contribution < 1.29 is 0 Å². The fourth-order valence-electron chi connectivity index (χ4n) is 2.14. The maximum Gasteiger partial charge on any atom is 0.0621 e. The maximum atomic E-state index is 8.40. The molecule has 0 aliphatic heterocycles. The van der Waals surface area contributed by atoms with Gasteiger partial charge < -0.3 is 5.32 Å². The molecular formula is C12H22N2S. The molecule has 15 heavy (non-hydrogen) atoms. The first kappa shape index (κ1) is 12.9. The van der Waals surface area contributed by atoms with Crippen molar-refractivity contribution in [1.29, 1.82) is 5.26 Å². The maximum absolute atomic E-state index is 8.40. The van der Waals surface area contributed by atoms with Gasteiger partial charge in [-0.15, -0.1) is 0 Å². The summed E-state index contributed by atoms with van der Waals surface area (Å²) in [6.07, 6.45) is 10.5. The monoisotopic (exact) mass is 226 g/mol. The van der Waals surface area contributed by atoms with E-state index >= 15 is 0 Å². The molecule has 0 amide bonds. The van der Waals surface area contributed by atoms with Gasteiger partial charge in [0.25, 0.3) is 0 Å². The third-order valence-electron chi connectivity index (χ3n) is 3.16. The van der Waals surface area contributed by atoms with Gasteiger partial charge in [0, 0.05) is 17.7 Å². The summed E-state index contributed by atoms with van der Waals surface area (Å²) in [4.78, 5) is 0. The second-order valence-corrected chi connectivity index (χ2v) is 5.42. The highest BCUT2D eigenvalue weighted by molar-refractivity contribution is 7.99. The van der Waals surface area contributed by atoms with Gasteiger partial charge in [-0.1, -0.05) is 0 Å². The molecule has 0 unspecified atom stereocenters. The van der Waals surface area contributed by atoms with Crippen LogP contribution in [0.1, 0.15) is 44.9 Å². The Morgan fingerprint density at radius 3 is 2.60 bits per heavy atom. The van der Waals surface area contributed by atoms with E-state index in [0.29, 0.717) is 6.42 Å². The van der Waals surface area contributed by atoms with E-state index in [-0.39, 0.29) is 0 Å². The van der Waals surface area contributed by atoms with E-state index in [1.165, 1.54) is 25.7 Å². The van der Waals surface area contributed by atoms with Crippen molar-refractivity contribution in [2.24, 2.45) is 0 Å². The molecule has 0 heterocycles. The lowest BCUT2D eigenvalue weighted by atomic mass is 9.95. The van der Waals surface area contributed by atoms with Gasteiger partial charge in [-0.2, -0.15) is 17.0 Å². The minimum Gasteiger partial charge on any atom is -0.314 e. The average molecular weight is 226 g/mol. The fraction of sp³-hybridized carbons (Fsp3) is 0.917. The molecule has 0 saturated heterocycles. The zero-order valence-electron chi connectivity index (χ0n) is 9.67. The summed E-state index contributed by atoms with van der Waals surface area (Å²) in [5.41, 5.74) is 0. The summed E-state index contributed by atoms with van der Waals surface area (Å²) >= 11 is 2.02. The fourth-order valence-corrected chi connectivity index (χ4v) is 2.88. The molecule has 0 bridgehead atoms. The van der Waals surface area contributed by atoms with Crippen molar-refractivity contribution in [3.8, 4) is 6.07 Å². The van der Waals surface area contributed by atoms with Gasteiger partial charge in [-0.3, -0.25) is 0 Å². The smallest absolute Gasteiger partial charge is 0.0621 e. The zero-order chi connectivity index (χ0) is 10.9. The van der Waals surface area contributed by atoms with Crippen LogP contribution in [0.4, 0.5) is 0 Å². The van der Waals surface area contributed by atoms with Crippen molar-refractivity contribution in [2.75, 3.05) is 12.8 Å². The predicted octanol–water partition coefficient (Wildman–Crippen LogP) is 2.94. The van der Waals surface area contributed by atoms with E-state index in [2.05, 4.69) is 17.6 Å². The Hall–Kier alpha value is -0.200. The standard InChI is InChI=1S/C12H22N2S/c1-15-12-7-5-11(6-8-12)14-10-4-2-3-9-13/h11-12,14H,2-8,10H2,1H3. The number of rotatable bonds is 6. The van der Waals surface area contributed by atoms with E-state index < -0.39 is 0 Å². The van der Waals surface area contributed by atoms with Crippen LogP contribution in [0, 0.1) is 11.3 Å². The van der Waals surface area contributed by atoms with Crippen LogP contribution in [0.15, 0.2) is 0 Å². The summed E-state index contributed by atoms with van der Waals surface area (Å²) < 4.78 is 0. The number of nitrogens with zero attached hydrogens (tertiary/aromatic N) is 1. The Bertz CT molecular complexity index is 192. The molecular weight excluding hydrogens is 204 g/mol. The van der Waals surface area contributed by atoms with Gasteiger partial charge in [0.15, 0.2) is 0 Å². The topological polar surface area (TPSA) is 35.8 Å². The van der Waals surface area contributed by atoms with Gasteiger partial charge in [0.05, 0.1) is 6.07 Å². The first-order valence-corrected chi connectivity index (χ1v) is 7.28. The van der Waals surface area contributed by atoms with Crippen molar-refractivity contribution in [2.45, 2.75) is 56.2 Å². The summed E-state index contributed by atoms with van der Waals surface area (Å²) in [6.45, 7) is 1.09. The quantitative estimate of drug-likeness (QED) is 0.707. The Balaban J connectivity index is 1.97. The Kier molecular flexibility index (Phi) is 6.87. The lowest BCUT2D eigenvalue weighted by molar-refractivity contribution is 0.377. The van der Waals surface area contributed by atoms with Crippen molar-refractivity contribution in [1.82, 2.24) is 5.32 Å². The minimum absolute atomic E-state index is 0.709. The third-order valence-corrected chi connectivity index (χ3v) is 4.29. The minimum atomic E-state index is 0.709. The van der Waals surface area contributed by atoms with Crippen LogP contribution in [0.3, 0.4) is 0 Å². The van der Waals surface area contributed by atoms with Crippen LogP contribution in [-0.4, -0.2) is 24.1 Å². The Morgan fingerprint density at radius 2 is 2.00 bits per heavy atom. The Morgan fingerprint density at radius 1 is 1.27 bits per heavy atom. The molecule has 0 radical (unpaired) electrons. The van der Waals surface area contributed by atoms with Crippen LogP contribution in [0.5, 0.6) is 0 Å². The van der Waals surface area contributed by atoms with Crippen LogP contribution in [0.2, 0.25) is 0 Å². The number of unbranched alkanes of at least 4 members (excludes halogenated alkanes) is 2. The summed E-state index contributed by atoms with van der Waals surface area (Å²) in [5.74, 6) is 0. The molecule has 1 fully saturated rings. The molecule has 2 nitrogen and oxygen atoms in total. The first-order valence-electron chi connectivity index (χ1n) is 6.00. The lowest BCUT2D eigenvalue weighted by Crippen LogP contribution is -2.34. The molecule has 1 aliphatic carbocycles. The van der Waals surface area contributed by atoms with Gasteiger partial charge in [-0.25, -0.2) is 0 Å². The summed E-state index contributed by atoms with van der Waals surface area (Å²) in [7, 11) is 0. The summed E-state index contributed by atoms with van der Waals surface area (Å²) in [5, 5.41) is 12.9. The normalized spacial score (nSPS) is 26.1. The van der Waals surface area contributed by atoms with E-state index in [0.717, 1.165) is 30.7 Å². The molecule has 86 valence electrons. The molecule has 0 aromatic rings. The van der Waals surface area contributed by atoms with Gasteiger partial charge in [-0.05, 0) is 51.3 Å². The van der Waals surface area contributed by atoms with Crippen LogP contribution in [0.25, 0.3) is 0 Å². The van der Waals surface area contributed by atoms with Crippen LogP contribution >= 0.6 is 11.8 Å². The number of hydrogen-bond donors (Lipinski definition) is 1. The van der Waals surface area contributed by atoms with E-state index in [4.69, 9.17) is 5.26 Å². The van der Waals surface area contributed by atoms with Crippen LogP contribution < -0.4 is 5.32 Å². The van der Waals surface area contributed by atoms with Crippen molar-refractivity contribution in [3.63, 3.8) is 0 Å². The molecule has 1 saturated carbocycles. The van der Waals surface area contributed by atoms with E-state index in [9.17, 15) is 0 Å². The van der Waals surface area contributed by atoms with Crippen molar-refractivity contribution in [3.05, 3.63) is 0 Å². The average Bonchev–Trinajstić information content (AvgIpc) is 2.30. The van der Waals surface area contributed by atoms with Crippen LogP contribution in [-0.2, 0) is 0 Å². The lowest BCUT2D eigenvalue weighted by Gasteiger charge is -2.28. The van der Waals surface area contributed by atoms with E-state index in [1.807, 2.05) is 11.8 Å². The number of hydrogen-bond acceptors (Lipinski definition) is 3. The largest absolute Gasteiger partial charge is 0.314 e. The van der Waals surface area contributed by atoms with Gasteiger partial charge in [0.1, 0.15) is 0 Å². The molecule has 0 aromatic carbocycles. The first-order chi connectivity index (χ1) is 7.36. The molecule has 0 atom stereocenters. The number of nitriles is 1. The zero-order valence-corrected chi connectivity index (χ0v) is 10.5. The van der Waals surface area contributed by atoms with Gasteiger partial charge in [0.2, 0.25) is 0 Å². The molecule has 0 aromatic heterocycles. The highest BCUT2D eigenvalue weighted by Crippen LogP contribution is 2.26. The van der Waals surface area contributed by atoms with Gasteiger partial charge >= 0.3 is 0 Å². The number of nitrogens with one attached hydrogen (secondary N) is 1. The summed E-state index contributed by atoms with van der Waals surface area (Å²) in [6, 6.07) is 2.93. The molecule has 3 heteroatoms. The molecule has 0 spiro atoms. The SMILES string of the molecule is CSC1CCC(NCCCCC#N)CC1. The second kappa shape index (κ2) is 8.01. The Labute approximate surface area is 97.8 Å². The molecule has 1 rings (SSSR count). The third kappa shape index (κ3) is 5.44. The van der Waals surface area contributed by atoms with E-state index in [1.54, 1.807) is 0 Å². The second-order valence-electron chi connectivity index (χ2n) is 4.28. The van der Waals surface area contributed by atoms with Crippen molar-refractivity contribution >= 4 is 11.8 Å². The highest BCUT2D eigenvalue weighted by Gasteiger charge is 2.19. The highest BCUT2D eigenvalue weighted by atomic mass is 32.2. The number of thioether (sulfide) groups is 1.